The normalized spacial score (nSPS) is 11.7. The largest absolute Gasteiger partial charge is 0.456 e. The summed E-state index contributed by atoms with van der Waals surface area (Å²) < 4.78 is 10.3. The zero-order valence-corrected chi connectivity index (χ0v) is 9.79. The van der Waals surface area contributed by atoms with Gasteiger partial charge in [0.15, 0.2) is 11.5 Å². The molecule has 0 aliphatic carbocycles. The Kier molecular flexibility index (Phi) is 3.69. The zero-order valence-electron chi connectivity index (χ0n) is 9.79. The number of ether oxygens (including phenoxy) is 1. The van der Waals surface area contributed by atoms with Crippen LogP contribution in [0.3, 0.4) is 0 Å². The highest BCUT2D eigenvalue weighted by molar-refractivity contribution is 5.93. The van der Waals surface area contributed by atoms with Crippen molar-refractivity contribution in [2.24, 2.45) is 5.41 Å². The fourth-order valence-corrected chi connectivity index (χ4v) is 1.32. The fraction of sp³-hybridized carbons (Fsp3) is 0.583. The van der Waals surface area contributed by atoms with Gasteiger partial charge in [-0.25, -0.2) is 0 Å². The van der Waals surface area contributed by atoms with E-state index in [9.17, 15) is 4.79 Å². The van der Waals surface area contributed by atoms with Gasteiger partial charge in [0.25, 0.3) is 0 Å². The standard InChI is InChI=1S/C12H18O3/c1-12(2,3)7-10(13)11-6-5-9(15-11)8-14-4/h5-6H,7-8H2,1-4H3. The molecule has 0 aliphatic heterocycles. The van der Waals surface area contributed by atoms with E-state index in [0.29, 0.717) is 24.5 Å². The van der Waals surface area contributed by atoms with E-state index in [0.717, 1.165) is 0 Å². The van der Waals surface area contributed by atoms with Gasteiger partial charge >= 0.3 is 0 Å². The van der Waals surface area contributed by atoms with Crippen LogP contribution < -0.4 is 0 Å². The lowest BCUT2D eigenvalue weighted by Crippen LogP contribution is -2.12. The Morgan fingerprint density at radius 3 is 2.60 bits per heavy atom. The molecular weight excluding hydrogens is 192 g/mol. The smallest absolute Gasteiger partial charge is 0.198 e. The molecule has 3 nitrogen and oxygen atoms in total. The molecule has 1 heterocycles. The van der Waals surface area contributed by atoms with E-state index >= 15 is 0 Å². The lowest BCUT2D eigenvalue weighted by Gasteiger charge is -2.15. The summed E-state index contributed by atoms with van der Waals surface area (Å²) in [7, 11) is 1.60. The third-order valence-corrected chi connectivity index (χ3v) is 1.91. The van der Waals surface area contributed by atoms with Gasteiger partial charge in [0.1, 0.15) is 12.4 Å². The van der Waals surface area contributed by atoms with E-state index in [1.54, 1.807) is 19.2 Å². The Hall–Kier alpha value is -1.09. The van der Waals surface area contributed by atoms with Gasteiger partial charge in [0.05, 0.1) is 0 Å². The van der Waals surface area contributed by atoms with Crippen LogP contribution in [-0.4, -0.2) is 12.9 Å². The van der Waals surface area contributed by atoms with Crippen LogP contribution in [-0.2, 0) is 11.3 Å². The highest BCUT2D eigenvalue weighted by atomic mass is 16.5. The molecule has 0 saturated carbocycles. The number of Topliss-reactive ketones (excluding diaryl/α,β-unsaturated/α-hetero) is 1. The summed E-state index contributed by atoms with van der Waals surface area (Å²) in [5.74, 6) is 1.16. The van der Waals surface area contributed by atoms with E-state index in [1.165, 1.54) is 0 Å². The fourth-order valence-electron chi connectivity index (χ4n) is 1.32. The molecule has 15 heavy (non-hydrogen) atoms. The molecule has 0 N–H and O–H groups in total. The molecule has 0 aliphatic rings. The van der Waals surface area contributed by atoms with Gasteiger partial charge in [-0.2, -0.15) is 0 Å². The zero-order chi connectivity index (χ0) is 11.5. The van der Waals surface area contributed by atoms with Crippen molar-refractivity contribution in [1.29, 1.82) is 0 Å². The van der Waals surface area contributed by atoms with E-state index in [4.69, 9.17) is 9.15 Å². The summed E-state index contributed by atoms with van der Waals surface area (Å²) in [4.78, 5) is 11.7. The first-order valence-corrected chi connectivity index (χ1v) is 5.03. The first-order valence-electron chi connectivity index (χ1n) is 5.03. The van der Waals surface area contributed by atoms with Crippen molar-refractivity contribution in [2.45, 2.75) is 33.8 Å². The van der Waals surface area contributed by atoms with Crippen molar-refractivity contribution in [2.75, 3.05) is 7.11 Å². The molecular formula is C12H18O3. The van der Waals surface area contributed by atoms with Crippen LogP contribution >= 0.6 is 0 Å². The van der Waals surface area contributed by atoms with Crippen molar-refractivity contribution in [1.82, 2.24) is 0 Å². The minimum atomic E-state index is -0.00864. The van der Waals surface area contributed by atoms with Gasteiger partial charge in [-0.15, -0.1) is 0 Å². The molecule has 0 spiro atoms. The Morgan fingerprint density at radius 1 is 1.40 bits per heavy atom. The van der Waals surface area contributed by atoms with Crippen LogP contribution in [0.1, 0.15) is 43.5 Å². The predicted molar refractivity (Wildman–Crippen MR) is 57.8 cm³/mol. The van der Waals surface area contributed by atoms with Gasteiger partial charge in [-0.1, -0.05) is 20.8 Å². The van der Waals surface area contributed by atoms with Gasteiger partial charge < -0.3 is 9.15 Å². The van der Waals surface area contributed by atoms with Crippen LogP contribution in [0.2, 0.25) is 0 Å². The van der Waals surface area contributed by atoms with Crippen molar-refractivity contribution >= 4 is 5.78 Å². The van der Waals surface area contributed by atoms with Crippen LogP contribution in [0.5, 0.6) is 0 Å². The first kappa shape index (κ1) is 12.0. The molecule has 1 aromatic rings. The summed E-state index contributed by atoms with van der Waals surface area (Å²) in [6, 6.07) is 3.49. The summed E-state index contributed by atoms with van der Waals surface area (Å²) in [5, 5.41) is 0. The van der Waals surface area contributed by atoms with Crippen LogP contribution in [0.4, 0.5) is 0 Å². The van der Waals surface area contributed by atoms with Crippen LogP contribution in [0.15, 0.2) is 16.5 Å². The van der Waals surface area contributed by atoms with Gasteiger partial charge in [0, 0.05) is 13.5 Å². The maximum atomic E-state index is 11.7. The molecule has 0 fully saturated rings. The molecule has 0 unspecified atom stereocenters. The van der Waals surface area contributed by atoms with E-state index < -0.39 is 0 Å². The topological polar surface area (TPSA) is 39.4 Å². The highest BCUT2D eigenvalue weighted by Crippen LogP contribution is 2.22. The maximum absolute atomic E-state index is 11.7. The van der Waals surface area contributed by atoms with E-state index in [1.807, 2.05) is 20.8 Å². The molecule has 0 atom stereocenters. The summed E-state index contributed by atoms with van der Waals surface area (Å²) in [5.41, 5.74) is -0.00864. The van der Waals surface area contributed by atoms with Crippen molar-refractivity contribution in [3.63, 3.8) is 0 Å². The molecule has 0 bridgehead atoms. The molecule has 0 amide bonds. The molecule has 0 saturated heterocycles. The third-order valence-electron chi connectivity index (χ3n) is 1.91. The summed E-state index contributed by atoms with van der Waals surface area (Å²) in [6.45, 7) is 6.50. The number of furan rings is 1. The Bertz CT molecular complexity index is 331. The second-order valence-corrected chi connectivity index (χ2v) is 4.86. The number of carbonyl (C=O) groups is 1. The number of hydrogen-bond acceptors (Lipinski definition) is 3. The van der Waals surface area contributed by atoms with E-state index in [2.05, 4.69) is 0 Å². The Balaban J connectivity index is 2.66. The number of methoxy groups -OCH3 is 1. The molecule has 3 heteroatoms. The monoisotopic (exact) mass is 210 g/mol. The number of carbonyl (C=O) groups excluding carboxylic acids is 1. The quantitative estimate of drug-likeness (QED) is 0.717. The number of hydrogen-bond donors (Lipinski definition) is 0. The maximum Gasteiger partial charge on any atom is 0.198 e. The minimum absolute atomic E-state index is 0.00864. The van der Waals surface area contributed by atoms with Crippen LogP contribution in [0, 0.1) is 5.41 Å². The summed E-state index contributed by atoms with van der Waals surface area (Å²) in [6.07, 6.45) is 0.493. The van der Waals surface area contributed by atoms with Gasteiger partial charge in [0.2, 0.25) is 0 Å². The lowest BCUT2D eigenvalue weighted by atomic mass is 9.89. The molecule has 1 aromatic heterocycles. The first-order chi connectivity index (χ1) is 6.92. The summed E-state index contributed by atoms with van der Waals surface area (Å²) >= 11 is 0. The molecule has 1 rings (SSSR count). The molecule has 84 valence electrons. The predicted octanol–water partition coefficient (Wildman–Crippen LogP) is 3.04. The SMILES string of the molecule is COCc1ccc(C(=O)CC(C)(C)C)o1. The number of rotatable bonds is 4. The van der Waals surface area contributed by atoms with Crippen molar-refractivity contribution < 1.29 is 13.9 Å². The highest BCUT2D eigenvalue weighted by Gasteiger charge is 2.19. The average Bonchev–Trinajstić information content (AvgIpc) is 2.50. The Morgan fingerprint density at radius 2 is 2.07 bits per heavy atom. The lowest BCUT2D eigenvalue weighted by molar-refractivity contribution is 0.0903. The second kappa shape index (κ2) is 4.62. The van der Waals surface area contributed by atoms with Crippen molar-refractivity contribution in [3.05, 3.63) is 23.7 Å². The molecule has 0 radical (unpaired) electrons. The minimum Gasteiger partial charge on any atom is -0.456 e. The molecule has 0 aromatic carbocycles. The van der Waals surface area contributed by atoms with Crippen molar-refractivity contribution in [3.8, 4) is 0 Å². The van der Waals surface area contributed by atoms with Gasteiger partial charge in [-0.05, 0) is 17.5 Å². The second-order valence-electron chi connectivity index (χ2n) is 4.86. The third kappa shape index (κ3) is 3.88. The van der Waals surface area contributed by atoms with Gasteiger partial charge in [-0.3, -0.25) is 4.79 Å². The number of ketones is 1. The van der Waals surface area contributed by atoms with Crippen LogP contribution in [0.25, 0.3) is 0 Å². The Labute approximate surface area is 90.4 Å². The average molecular weight is 210 g/mol. The van der Waals surface area contributed by atoms with E-state index in [-0.39, 0.29) is 11.2 Å².